The number of aryl methyl sites for hydroxylation is 1. The Kier molecular flexibility index (Phi) is 3.60. The fourth-order valence-electron chi connectivity index (χ4n) is 2.39. The van der Waals surface area contributed by atoms with Crippen LogP contribution in [-0.2, 0) is 9.59 Å². The summed E-state index contributed by atoms with van der Waals surface area (Å²) in [4.78, 5) is 22.6. The van der Waals surface area contributed by atoms with E-state index in [1.165, 1.54) is 5.56 Å². The minimum absolute atomic E-state index is 0.191. The number of hydrogen-bond acceptors (Lipinski definition) is 2. The molecule has 2 rings (SSSR count). The highest BCUT2D eigenvalue weighted by Gasteiger charge is 2.48. The predicted molar refractivity (Wildman–Crippen MR) is 73.1 cm³/mol. The van der Waals surface area contributed by atoms with Gasteiger partial charge in [-0.05, 0) is 42.5 Å². The lowest BCUT2D eigenvalue weighted by atomic mass is 9.97. The molecular formula is C15H19NO3. The average Bonchev–Trinajstić information content (AvgIpc) is 3.08. The van der Waals surface area contributed by atoms with Crippen LogP contribution in [0, 0.1) is 18.8 Å². The van der Waals surface area contributed by atoms with Gasteiger partial charge in [0.15, 0.2) is 0 Å². The van der Waals surface area contributed by atoms with Crippen molar-refractivity contribution in [3.8, 4) is 0 Å². The van der Waals surface area contributed by atoms with Gasteiger partial charge in [-0.25, -0.2) is 0 Å². The number of rotatable bonds is 4. The van der Waals surface area contributed by atoms with E-state index in [4.69, 9.17) is 5.11 Å². The van der Waals surface area contributed by atoms with Gasteiger partial charge in [-0.1, -0.05) is 19.9 Å². The molecule has 0 unspecified atom stereocenters. The summed E-state index contributed by atoms with van der Waals surface area (Å²) in [6, 6.07) is 5.82. The van der Waals surface area contributed by atoms with Crippen molar-refractivity contribution < 1.29 is 14.7 Å². The zero-order valence-electron chi connectivity index (χ0n) is 11.4. The second-order valence-electron chi connectivity index (χ2n) is 5.50. The normalized spacial score (nSPS) is 21.3. The van der Waals surface area contributed by atoms with Crippen molar-refractivity contribution in [2.75, 3.05) is 5.32 Å². The maximum atomic E-state index is 11.8. The molecule has 0 bridgehead atoms. The van der Waals surface area contributed by atoms with Crippen LogP contribution in [0.1, 0.15) is 37.3 Å². The van der Waals surface area contributed by atoms with Crippen LogP contribution in [0.4, 0.5) is 5.69 Å². The van der Waals surface area contributed by atoms with E-state index < -0.39 is 11.9 Å². The van der Waals surface area contributed by atoms with E-state index in [2.05, 4.69) is 19.2 Å². The number of carbonyl (C=O) groups is 2. The number of anilines is 1. The molecule has 0 aromatic heterocycles. The van der Waals surface area contributed by atoms with Gasteiger partial charge in [0.1, 0.15) is 0 Å². The lowest BCUT2D eigenvalue weighted by Gasteiger charge is -2.12. The predicted octanol–water partition coefficient (Wildman–Crippen LogP) is 2.78. The number of hydrogen-bond donors (Lipinski definition) is 2. The third-order valence-electron chi connectivity index (χ3n) is 3.60. The Labute approximate surface area is 112 Å². The van der Waals surface area contributed by atoms with Gasteiger partial charge >= 0.3 is 5.97 Å². The van der Waals surface area contributed by atoms with E-state index in [9.17, 15) is 9.59 Å². The molecule has 1 aromatic rings. The molecule has 0 aliphatic heterocycles. The van der Waals surface area contributed by atoms with Crippen LogP contribution in [-0.4, -0.2) is 17.0 Å². The third kappa shape index (κ3) is 2.95. The molecule has 1 saturated carbocycles. The van der Waals surface area contributed by atoms with Crippen LogP contribution in [0.5, 0.6) is 0 Å². The Morgan fingerprint density at radius 1 is 1.32 bits per heavy atom. The largest absolute Gasteiger partial charge is 0.481 e. The lowest BCUT2D eigenvalue weighted by Crippen LogP contribution is -2.17. The zero-order valence-corrected chi connectivity index (χ0v) is 11.4. The number of nitrogens with one attached hydrogen (secondary N) is 1. The molecule has 2 atom stereocenters. The lowest BCUT2D eigenvalue weighted by molar-refractivity contribution is -0.139. The highest BCUT2D eigenvalue weighted by atomic mass is 16.4. The van der Waals surface area contributed by atoms with Gasteiger partial charge in [-0.2, -0.15) is 0 Å². The molecule has 102 valence electrons. The maximum absolute atomic E-state index is 11.8. The number of carboxylic acid groups (broad SMARTS) is 1. The highest BCUT2D eigenvalue weighted by Crippen LogP contribution is 2.39. The molecule has 1 aliphatic carbocycles. The van der Waals surface area contributed by atoms with Gasteiger partial charge in [0.05, 0.1) is 11.8 Å². The molecule has 1 amide bonds. The summed E-state index contributed by atoms with van der Waals surface area (Å²) < 4.78 is 0. The molecule has 0 heterocycles. The number of aliphatic carboxylic acids is 1. The molecule has 4 nitrogen and oxygen atoms in total. The molecule has 19 heavy (non-hydrogen) atoms. The molecule has 0 saturated heterocycles. The van der Waals surface area contributed by atoms with E-state index in [1.54, 1.807) is 0 Å². The zero-order chi connectivity index (χ0) is 14.2. The number of benzene rings is 1. The summed E-state index contributed by atoms with van der Waals surface area (Å²) in [5.41, 5.74) is 3.13. The summed E-state index contributed by atoms with van der Waals surface area (Å²) in [6.07, 6.45) is 0.449. The van der Waals surface area contributed by atoms with Gasteiger partial charge in [0, 0.05) is 5.69 Å². The molecular weight excluding hydrogens is 242 g/mol. The van der Waals surface area contributed by atoms with E-state index >= 15 is 0 Å². The fraction of sp³-hybridized carbons (Fsp3) is 0.467. The summed E-state index contributed by atoms with van der Waals surface area (Å²) in [7, 11) is 0. The van der Waals surface area contributed by atoms with Gasteiger partial charge < -0.3 is 10.4 Å². The topological polar surface area (TPSA) is 66.4 Å². The Balaban J connectivity index is 2.02. The molecule has 0 spiro atoms. The monoisotopic (exact) mass is 261 g/mol. The summed E-state index contributed by atoms with van der Waals surface area (Å²) in [5.74, 6) is -1.50. The van der Waals surface area contributed by atoms with Gasteiger partial charge in [-0.3, -0.25) is 9.59 Å². The first-order valence-electron chi connectivity index (χ1n) is 6.54. The second-order valence-corrected chi connectivity index (χ2v) is 5.50. The van der Waals surface area contributed by atoms with Crippen molar-refractivity contribution in [2.24, 2.45) is 11.8 Å². The van der Waals surface area contributed by atoms with Crippen molar-refractivity contribution in [1.82, 2.24) is 0 Å². The Morgan fingerprint density at radius 2 is 2.00 bits per heavy atom. The molecule has 1 aliphatic rings. The van der Waals surface area contributed by atoms with Crippen LogP contribution in [0.2, 0.25) is 0 Å². The van der Waals surface area contributed by atoms with Gasteiger partial charge in [0.2, 0.25) is 5.91 Å². The number of carbonyl (C=O) groups excluding carboxylic acids is 1. The van der Waals surface area contributed by atoms with Crippen LogP contribution >= 0.6 is 0 Å². The Bertz CT molecular complexity index is 522. The van der Waals surface area contributed by atoms with Crippen LogP contribution in [0.15, 0.2) is 18.2 Å². The number of amides is 1. The van der Waals surface area contributed by atoms with Gasteiger partial charge in [0.25, 0.3) is 0 Å². The van der Waals surface area contributed by atoms with Gasteiger partial charge in [-0.15, -0.1) is 0 Å². The summed E-state index contributed by atoms with van der Waals surface area (Å²) in [5, 5.41) is 11.6. The quantitative estimate of drug-likeness (QED) is 0.875. The fourth-order valence-corrected chi connectivity index (χ4v) is 2.39. The molecule has 4 heteroatoms. The van der Waals surface area contributed by atoms with Crippen LogP contribution in [0.25, 0.3) is 0 Å². The van der Waals surface area contributed by atoms with E-state index in [0.717, 1.165) is 11.3 Å². The molecule has 1 fully saturated rings. The Morgan fingerprint density at radius 3 is 2.47 bits per heavy atom. The first kappa shape index (κ1) is 13.6. The van der Waals surface area contributed by atoms with Crippen molar-refractivity contribution in [2.45, 2.75) is 33.1 Å². The molecule has 0 radical (unpaired) electrons. The van der Waals surface area contributed by atoms with Crippen LogP contribution < -0.4 is 5.32 Å². The first-order valence-corrected chi connectivity index (χ1v) is 6.54. The third-order valence-corrected chi connectivity index (χ3v) is 3.60. The smallest absolute Gasteiger partial charge is 0.307 e. The minimum atomic E-state index is -0.883. The van der Waals surface area contributed by atoms with Crippen molar-refractivity contribution in [3.63, 3.8) is 0 Å². The maximum Gasteiger partial charge on any atom is 0.307 e. The standard InChI is InChI=1S/C15H19NO3/c1-8(2)11-5-4-10(6-9(11)3)16-14(17)12-7-13(12)15(18)19/h4-6,8,12-13H,7H2,1-3H3,(H,16,17)(H,18,19)/t12-,13+/m1/s1. The SMILES string of the molecule is Cc1cc(NC(=O)[C@@H]2C[C@@H]2C(=O)O)ccc1C(C)C. The summed E-state index contributed by atoms with van der Waals surface area (Å²) in [6.45, 7) is 6.27. The first-order chi connectivity index (χ1) is 8.90. The number of carboxylic acids is 1. The average molecular weight is 261 g/mol. The van der Waals surface area contributed by atoms with Crippen molar-refractivity contribution >= 4 is 17.6 Å². The highest BCUT2D eigenvalue weighted by molar-refractivity contribution is 5.98. The van der Waals surface area contributed by atoms with Crippen molar-refractivity contribution in [3.05, 3.63) is 29.3 Å². The van der Waals surface area contributed by atoms with E-state index in [1.807, 2.05) is 25.1 Å². The Hall–Kier alpha value is -1.84. The minimum Gasteiger partial charge on any atom is -0.481 e. The molecule has 2 N–H and O–H groups in total. The summed E-state index contributed by atoms with van der Waals surface area (Å²) >= 11 is 0. The molecule has 1 aromatic carbocycles. The van der Waals surface area contributed by atoms with Crippen molar-refractivity contribution in [1.29, 1.82) is 0 Å². The van der Waals surface area contributed by atoms with E-state index in [0.29, 0.717) is 12.3 Å². The van der Waals surface area contributed by atoms with E-state index in [-0.39, 0.29) is 11.8 Å². The van der Waals surface area contributed by atoms with Crippen LogP contribution in [0.3, 0.4) is 0 Å². The second kappa shape index (κ2) is 5.03.